The minimum atomic E-state index is -4.82. The predicted molar refractivity (Wildman–Crippen MR) is 82.6 cm³/mol. The summed E-state index contributed by atoms with van der Waals surface area (Å²) in [5.41, 5.74) is 0.778. The summed E-state index contributed by atoms with van der Waals surface area (Å²) in [6.45, 7) is 1.90. The molecular formula is C16H14F3N3O4. The molecule has 7 nitrogen and oxygen atoms in total. The Hall–Kier alpha value is -3.04. The molecule has 0 aliphatic carbocycles. The highest BCUT2D eigenvalue weighted by Crippen LogP contribution is 2.29. The second-order valence-electron chi connectivity index (χ2n) is 5.68. The Kier molecular flexibility index (Phi) is 4.58. The number of carbonyl (C=O) groups excluding carboxylic acids is 2. The van der Waals surface area contributed by atoms with E-state index in [1.165, 1.54) is 23.1 Å². The van der Waals surface area contributed by atoms with E-state index in [1.807, 2.05) is 0 Å². The van der Waals surface area contributed by atoms with E-state index >= 15 is 0 Å². The SMILES string of the molecule is Cc1cc(C(=O)NC2CCN(c3cccc(OC(F)(F)F)c3)C2=O)on1. The van der Waals surface area contributed by atoms with Crippen molar-refractivity contribution in [3.63, 3.8) is 0 Å². The normalized spacial score (nSPS) is 17.5. The van der Waals surface area contributed by atoms with Gasteiger partial charge in [0.15, 0.2) is 0 Å². The van der Waals surface area contributed by atoms with Gasteiger partial charge in [0.2, 0.25) is 11.7 Å². The van der Waals surface area contributed by atoms with Crippen LogP contribution in [0.3, 0.4) is 0 Å². The Morgan fingerprint density at radius 3 is 2.81 bits per heavy atom. The van der Waals surface area contributed by atoms with Gasteiger partial charge in [-0.1, -0.05) is 11.2 Å². The Bertz CT molecular complexity index is 834. The van der Waals surface area contributed by atoms with Gasteiger partial charge in [0, 0.05) is 24.4 Å². The average Bonchev–Trinajstić information content (AvgIpc) is 3.13. The molecule has 1 unspecified atom stereocenters. The predicted octanol–water partition coefficient (Wildman–Crippen LogP) is 2.42. The molecule has 0 saturated carbocycles. The van der Waals surface area contributed by atoms with Crippen molar-refractivity contribution >= 4 is 17.5 Å². The number of nitrogens with zero attached hydrogens (tertiary/aromatic N) is 2. The number of ether oxygens (including phenoxy) is 1. The lowest BCUT2D eigenvalue weighted by atomic mass is 10.2. The van der Waals surface area contributed by atoms with Gasteiger partial charge >= 0.3 is 6.36 Å². The zero-order chi connectivity index (χ0) is 18.9. The van der Waals surface area contributed by atoms with Crippen molar-refractivity contribution in [2.75, 3.05) is 11.4 Å². The first-order chi connectivity index (χ1) is 12.2. The lowest BCUT2D eigenvalue weighted by Gasteiger charge is -2.18. The summed E-state index contributed by atoms with van der Waals surface area (Å²) in [5.74, 6) is -1.46. The highest BCUT2D eigenvalue weighted by Gasteiger charge is 2.35. The quantitative estimate of drug-likeness (QED) is 0.895. The van der Waals surface area contributed by atoms with Crippen LogP contribution in [0.5, 0.6) is 5.75 Å². The summed E-state index contributed by atoms with van der Waals surface area (Å²) in [5, 5.41) is 6.13. The maximum atomic E-state index is 12.5. The van der Waals surface area contributed by atoms with Crippen LogP contribution in [0.1, 0.15) is 22.7 Å². The van der Waals surface area contributed by atoms with Crippen LogP contribution in [0, 0.1) is 6.92 Å². The standard InChI is InChI=1S/C16H14F3N3O4/c1-9-7-13(26-21-9)14(23)20-12-5-6-22(15(12)24)10-3-2-4-11(8-10)25-16(17,18)19/h2-4,7-8,12H,5-6H2,1H3,(H,20,23). The van der Waals surface area contributed by atoms with Gasteiger partial charge in [-0.25, -0.2) is 0 Å². The van der Waals surface area contributed by atoms with Crippen LogP contribution >= 0.6 is 0 Å². The molecule has 138 valence electrons. The summed E-state index contributed by atoms with van der Waals surface area (Å²) < 4.78 is 45.7. The number of alkyl halides is 3. The molecular weight excluding hydrogens is 355 g/mol. The second-order valence-corrected chi connectivity index (χ2v) is 5.68. The highest BCUT2D eigenvalue weighted by atomic mass is 19.4. The molecule has 26 heavy (non-hydrogen) atoms. The highest BCUT2D eigenvalue weighted by molar-refractivity contribution is 6.03. The molecule has 0 bridgehead atoms. The Morgan fingerprint density at radius 1 is 1.38 bits per heavy atom. The maximum absolute atomic E-state index is 12.5. The van der Waals surface area contributed by atoms with Gasteiger partial charge in [-0.15, -0.1) is 13.2 Å². The fourth-order valence-corrected chi connectivity index (χ4v) is 2.62. The summed E-state index contributed by atoms with van der Waals surface area (Å²) in [4.78, 5) is 25.8. The smallest absolute Gasteiger partial charge is 0.406 e. The molecule has 10 heteroatoms. The Balaban J connectivity index is 1.69. The van der Waals surface area contributed by atoms with Crippen molar-refractivity contribution in [2.45, 2.75) is 25.7 Å². The number of nitrogens with one attached hydrogen (secondary N) is 1. The number of aryl methyl sites for hydroxylation is 1. The first-order valence-electron chi connectivity index (χ1n) is 7.64. The van der Waals surface area contributed by atoms with Gasteiger partial charge < -0.3 is 19.5 Å². The van der Waals surface area contributed by atoms with Crippen LogP contribution in [0.15, 0.2) is 34.9 Å². The summed E-state index contributed by atoms with van der Waals surface area (Å²) >= 11 is 0. The molecule has 2 heterocycles. The van der Waals surface area contributed by atoms with Gasteiger partial charge in [0.25, 0.3) is 5.91 Å². The Morgan fingerprint density at radius 2 is 2.15 bits per heavy atom. The number of hydrogen-bond acceptors (Lipinski definition) is 5. The molecule has 1 N–H and O–H groups in total. The minimum absolute atomic E-state index is 0.0191. The number of aromatic nitrogens is 1. The molecule has 2 aromatic rings. The molecule has 1 aliphatic heterocycles. The van der Waals surface area contributed by atoms with Crippen molar-refractivity contribution in [2.24, 2.45) is 0 Å². The summed E-state index contributed by atoms with van der Waals surface area (Å²) in [6, 6.07) is 5.74. The molecule has 1 aliphatic rings. The molecule has 1 atom stereocenters. The molecule has 1 fully saturated rings. The topological polar surface area (TPSA) is 84.7 Å². The molecule has 0 spiro atoms. The zero-order valence-electron chi connectivity index (χ0n) is 13.5. The monoisotopic (exact) mass is 369 g/mol. The fourth-order valence-electron chi connectivity index (χ4n) is 2.62. The summed E-state index contributed by atoms with van der Waals surface area (Å²) in [6.07, 6.45) is -4.51. The van der Waals surface area contributed by atoms with E-state index in [-0.39, 0.29) is 18.0 Å². The first-order valence-corrected chi connectivity index (χ1v) is 7.64. The maximum Gasteiger partial charge on any atom is 0.573 e. The fraction of sp³-hybridized carbons (Fsp3) is 0.312. The number of hydrogen-bond donors (Lipinski definition) is 1. The van der Waals surface area contributed by atoms with E-state index in [2.05, 4.69) is 15.2 Å². The van der Waals surface area contributed by atoms with E-state index < -0.39 is 30.0 Å². The Labute approximate surface area is 145 Å². The lowest BCUT2D eigenvalue weighted by Crippen LogP contribution is -2.41. The van der Waals surface area contributed by atoms with Crippen molar-refractivity contribution in [1.82, 2.24) is 10.5 Å². The third-order valence-corrected chi connectivity index (χ3v) is 3.73. The lowest BCUT2D eigenvalue weighted by molar-refractivity contribution is -0.274. The van der Waals surface area contributed by atoms with Crippen LogP contribution in [-0.2, 0) is 4.79 Å². The van der Waals surface area contributed by atoms with Crippen LogP contribution in [-0.4, -0.2) is 35.9 Å². The number of amides is 2. The van der Waals surface area contributed by atoms with Crippen molar-refractivity contribution in [3.8, 4) is 5.75 Å². The van der Waals surface area contributed by atoms with Gasteiger partial charge in [0.05, 0.1) is 5.69 Å². The van der Waals surface area contributed by atoms with Gasteiger partial charge in [-0.2, -0.15) is 0 Å². The van der Waals surface area contributed by atoms with Crippen molar-refractivity contribution < 1.29 is 32.0 Å². The third kappa shape index (κ3) is 3.95. The van der Waals surface area contributed by atoms with Crippen molar-refractivity contribution in [3.05, 3.63) is 41.8 Å². The number of halogens is 3. The number of carbonyl (C=O) groups is 2. The zero-order valence-corrected chi connectivity index (χ0v) is 13.5. The number of benzene rings is 1. The second kappa shape index (κ2) is 6.70. The van der Waals surface area contributed by atoms with Gasteiger partial charge in [-0.3, -0.25) is 9.59 Å². The molecule has 2 amide bonds. The molecule has 1 aromatic carbocycles. The van der Waals surface area contributed by atoms with E-state index in [1.54, 1.807) is 6.92 Å². The van der Waals surface area contributed by atoms with Gasteiger partial charge in [0.1, 0.15) is 11.8 Å². The minimum Gasteiger partial charge on any atom is -0.406 e. The van der Waals surface area contributed by atoms with Gasteiger partial charge in [-0.05, 0) is 25.5 Å². The molecule has 1 saturated heterocycles. The van der Waals surface area contributed by atoms with Crippen LogP contribution in [0.2, 0.25) is 0 Å². The van der Waals surface area contributed by atoms with Crippen molar-refractivity contribution in [1.29, 1.82) is 0 Å². The number of anilines is 1. The van der Waals surface area contributed by atoms with Crippen LogP contribution in [0.4, 0.5) is 18.9 Å². The van der Waals surface area contributed by atoms with E-state index in [0.29, 0.717) is 12.1 Å². The largest absolute Gasteiger partial charge is 0.573 e. The third-order valence-electron chi connectivity index (χ3n) is 3.73. The van der Waals surface area contributed by atoms with E-state index in [0.717, 1.165) is 12.1 Å². The average molecular weight is 369 g/mol. The molecule has 0 radical (unpaired) electrons. The van der Waals surface area contributed by atoms with Crippen LogP contribution in [0.25, 0.3) is 0 Å². The molecule has 1 aromatic heterocycles. The number of rotatable bonds is 4. The van der Waals surface area contributed by atoms with Crippen LogP contribution < -0.4 is 15.0 Å². The van der Waals surface area contributed by atoms with E-state index in [9.17, 15) is 22.8 Å². The van der Waals surface area contributed by atoms with E-state index in [4.69, 9.17) is 4.52 Å². The first kappa shape index (κ1) is 17.8. The summed E-state index contributed by atoms with van der Waals surface area (Å²) in [7, 11) is 0. The molecule has 3 rings (SSSR count).